The van der Waals surface area contributed by atoms with E-state index in [1.54, 1.807) is 0 Å². The van der Waals surface area contributed by atoms with E-state index in [4.69, 9.17) is 0 Å². The minimum atomic E-state index is 0.547. The average Bonchev–Trinajstić information content (AvgIpc) is 2.92. The van der Waals surface area contributed by atoms with Gasteiger partial charge in [-0.15, -0.1) is 0 Å². The standard InChI is InChI=1S/C15H15B/c1-10(2)14-12-8-5-9-13(12)16-15(14)11-6-3-4-7-11/h3-9,11,15H,1-2H3. The fraction of sp³-hybridized carbons (Fsp3) is 0.267. The molecule has 0 fully saturated rings. The summed E-state index contributed by atoms with van der Waals surface area (Å²) in [5, 5.41) is 0. The van der Waals surface area contributed by atoms with Crippen LogP contribution in [0.1, 0.15) is 13.8 Å². The topological polar surface area (TPSA) is 0 Å². The van der Waals surface area contributed by atoms with Crippen LogP contribution < -0.4 is 0 Å². The van der Waals surface area contributed by atoms with Crippen molar-refractivity contribution in [2.75, 3.05) is 0 Å². The molecule has 1 atom stereocenters. The molecular formula is C15H15B. The molecule has 0 saturated carbocycles. The molecule has 1 unspecified atom stereocenters. The molecule has 0 aromatic rings. The second-order valence-electron chi connectivity index (χ2n) is 4.85. The summed E-state index contributed by atoms with van der Waals surface area (Å²) in [6, 6.07) is 0. The Morgan fingerprint density at radius 1 is 1.12 bits per heavy atom. The van der Waals surface area contributed by atoms with Crippen LogP contribution in [0.15, 0.2) is 59.3 Å². The van der Waals surface area contributed by atoms with Gasteiger partial charge >= 0.3 is 97.2 Å². The molecule has 0 spiro atoms. The van der Waals surface area contributed by atoms with Gasteiger partial charge in [0.15, 0.2) is 0 Å². The van der Waals surface area contributed by atoms with Crippen molar-refractivity contribution >= 4 is 12.4 Å². The van der Waals surface area contributed by atoms with Gasteiger partial charge in [-0.05, 0) is 0 Å². The zero-order chi connectivity index (χ0) is 11.1. The van der Waals surface area contributed by atoms with Gasteiger partial charge in [0.25, 0.3) is 0 Å². The van der Waals surface area contributed by atoms with Crippen molar-refractivity contribution in [1.29, 1.82) is 0 Å². The van der Waals surface area contributed by atoms with Crippen LogP contribution in [0.5, 0.6) is 0 Å². The van der Waals surface area contributed by atoms with E-state index in [0.29, 0.717) is 11.7 Å². The van der Waals surface area contributed by atoms with Crippen molar-refractivity contribution in [3.8, 4) is 0 Å². The van der Waals surface area contributed by atoms with Crippen molar-refractivity contribution in [2.24, 2.45) is 5.92 Å². The molecule has 16 heavy (non-hydrogen) atoms. The van der Waals surface area contributed by atoms with Crippen LogP contribution in [-0.4, -0.2) is 12.4 Å². The first kappa shape index (κ1) is 9.83. The molecule has 0 radical (unpaired) electrons. The first-order chi connectivity index (χ1) is 7.77. The van der Waals surface area contributed by atoms with Crippen molar-refractivity contribution in [3.63, 3.8) is 0 Å². The molecule has 3 rings (SSSR count). The monoisotopic (exact) mass is 206 g/mol. The van der Waals surface area contributed by atoms with E-state index < -0.39 is 0 Å². The molecular weight excluding hydrogens is 191 g/mol. The molecule has 0 N–H and O–H groups in total. The van der Waals surface area contributed by atoms with Crippen LogP contribution in [0.2, 0.25) is 5.82 Å². The Balaban J connectivity index is 2.06. The Labute approximate surface area is 97.7 Å². The SMILES string of the molecule is CC(C)=C1C2=CC=CC2=BC1C1C=CC=C1. The summed E-state index contributed by atoms with van der Waals surface area (Å²) in [5.41, 5.74) is 5.83. The van der Waals surface area contributed by atoms with Gasteiger partial charge in [-0.1, -0.05) is 0 Å². The molecule has 0 aromatic heterocycles. The number of hydrogen-bond acceptors (Lipinski definition) is 0. The summed E-state index contributed by atoms with van der Waals surface area (Å²) in [7, 11) is 0. The average molecular weight is 206 g/mol. The Morgan fingerprint density at radius 2 is 1.88 bits per heavy atom. The van der Waals surface area contributed by atoms with Crippen LogP contribution in [0.4, 0.5) is 0 Å². The minimum absolute atomic E-state index is 0.547. The maximum absolute atomic E-state index is 2.42. The molecule has 78 valence electrons. The number of fused-ring (bicyclic) bond motifs is 1. The molecule has 1 heterocycles. The summed E-state index contributed by atoms with van der Waals surface area (Å²) in [6.07, 6.45) is 15.5. The molecule has 2 aliphatic carbocycles. The molecule has 1 heteroatoms. The second kappa shape index (κ2) is 3.59. The molecule has 0 amide bonds. The third kappa shape index (κ3) is 1.35. The molecule has 0 bridgehead atoms. The van der Waals surface area contributed by atoms with E-state index in [9.17, 15) is 0 Å². The van der Waals surface area contributed by atoms with Gasteiger partial charge in [0.2, 0.25) is 0 Å². The third-order valence-electron chi connectivity index (χ3n) is 3.56. The summed E-state index contributed by atoms with van der Waals surface area (Å²) in [4.78, 5) is 0. The predicted octanol–water partition coefficient (Wildman–Crippen LogP) is 3.24. The Bertz CT molecular complexity index is 494. The van der Waals surface area contributed by atoms with Gasteiger partial charge in [-0.25, -0.2) is 0 Å². The summed E-state index contributed by atoms with van der Waals surface area (Å²) in [5.74, 6) is 1.10. The molecule has 0 aromatic carbocycles. The van der Waals surface area contributed by atoms with Crippen molar-refractivity contribution in [2.45, 2.75) is 19.7 Å². The maximum atomic E-state index is 2.42. The summed E-state index contributed by atoms with van der Waals surface area (Å²) < 4.78 is 0. The normalized spacial score (nSPS) is 25.9. The molecule has 1 aliphatic heterocycles. The van der Waals surface area contributed by atoms with E-state index in [1.807, 2.05) is 0 Å². The second-order valence-corrected chi connectivity index (χ2v) is 4.85. The quantitative estimate of drug-likeness (QED) is 0.577. The van der Waals surface area contributed by atoms with Gasteiger partial charge in [0, 0.05) is 0 Å². The number of rotatable bonds is 1. The molecule has 0 nitrogen and oxygen atoms in total. The van der Waals surface area contributed by atoms with Crippen LogP contribution in [-0.2, 0) is 0 Å². The number of allylic oxidation sites excluding steroid dienone is 10. The van der Waals surface area contributed by atoms with Gasteiger partial charge in [-0.3, -0.25) is 0 Å². The molecule has 3 aliphatic rings. The van der Waals surface area contributed by atoms with Crippen molar-refractivity contribution in [1.82, 2.24) is 0 Å². The van der Waals surface area contributed by atoms with Gasteiger partial charge in [0.1, 0.15) is 0 Å². The summed E-state index contributed by atoms with van der Waals surface area (Å²) >= 11 is 0. The zero-order valence-electron chi connectivity index (χ0n) is 9.77. The predicted molar refractivity (Wildman–Crippen MR) is 71.9 cm³/mol. The van der Waals surface area contributed by atoms with Gasteiger partial charge in [0.05, 0.1) is 0 Å². The number of hydrogen-bond donors (Lipinski definition) is 0. The van der Waals surface area contributed by atoms with Gasteiger partial charge in [-0.2, -0.15) is 0 Å². The zero-order valence-corrected chi connectivity index (χ0v) is 9.77. The van der Waals surface area contributed by atoms with E-state index in [-0.39, 0.29) is 0 Å². The Kier molecular flexibility index (Phi) is 2.20. The Hall–Kier alpha value is -1.37. The summed E-state index contributed by atoms with van der Waals surface area (Å²) in [6.45, 7) is 6.86. The van der Waals surface area contributed by atoms with Crippen molar-refractivity contribution in [3.05, 3.63) is 59.3 Å². The van der Waals surface area contributed by atoms with Crippen molar-refractivity contribution < 1.29 is 0 Å². The fourth-order valence-corrected chi connectivity index (χ4v) is 2.88. The Morgan fingerprint density at radius 3 is 2.56 bits per heavy atom. The van der Waals surface area contributed by atoms with Gasteiger partial charge < -0.3 is 0 Å². The molecule has 0 saturated heterocycles. The van der Waals surface area contributed by atoms with E-state index in [2.05, 4.69) is 63.3 Å². The van der Waals surface area contributed by atoms with Crippen LogP contribution in [0, 0.1) is 5.92 Å². The third-order valence-corrected chi connectivity index (χ3v) is 3.56. The van der Waals surface area contributed by atoms with E-state index >= 15 is 0 Å². The van der Waals surface area contributed by atoms with Crippen LogP contribution >= 0.6 is 0 Å². The fourth-order valence-electron chi connectivity index (χ4n) is 2.88. The van der Waals surface area contributed by atoms with Crippen LogP contribution in [0.25, 0.3) is 0 Å². The first-order valence-electron chi connectivity index (χ1n) is 5.90. The van der Waals surface area contributed by atoms with Crippen LogP contribution in [0.3, 0.4) is 0 Å². The van der Waals surface area contributed by atoms with E-state index in [0.717, 1.165) is 0 Å². The first-order valence-corrected chi connectivity index (χ1v) is 5.90. The van der Waals surface area contributed by atoms with E-state index in [1.165, 1.54) is 22.2 Å².